The molecule has 1 amide bonds. The van der Waals surface area contributed by atoms with Crippen LogP contribution in [0.15, 0.2) is 18.2 Å². The Labute approximate surface area is 86.3 Å². The third-order valence-electron chi connectivity index (χ3n) is 2.11. The highest BCUT2D eigenvalue weighted by Gasteiger charge is 2.03. The second kappa shape index (κ2) is 5.43. The zero-order valence-corrected chi connectivity index (χ0v) is 8.35. The van der Waals surface area contributed by atoms with Crippen LogP contribution in [0.5, 0.6) is 0 Å². The molecule has 2 nitrogen and oxygen atoms in total. The summed E-state index contributed by atoms with van der Waals surface area (Å²) in [6.45, 7) is 6.64. The third kappa shape index (κ3) is 2.87. The zero-order valence-electron chi connectivity index (χ0n) is 8.35. The van der Waals surface area contributed by atoms with Crippen molar-refractivity contribution in [2.75, 3.05) is 6.54 Å². The number of aryl methyl sites for hydroxylation is 2. The first-order valence-electron chi connectivity index (χ1n) is 4.50. The summed E-state index contributed by atoms with van der Waals surface area (Å²) in [7, 11) is 0. The van der Waals surface area contributed by atoms with E-state index in [0.29, 0.717) is 6.54 Å². The molecule has 0 saturated carbocycles. The number of rotatable bonds is 2. The van der Waals surface area contributed by atoms with E-state index in [-0.39, 0.29) is 13.3 Å². The van der Waals surface area contributed by atoms with E-state index in [1.165, 1.54) is 5.56 Å². The van der Waals surface area contributed by atoms with Crippen molar-refractivity contribution < 1.29 is 4.79 Å². The van der Waals surface area contributed by atoms with Gasteiger partial charge in [-0.3, -0.25) is 4.79 Å². The van der Waals surface area contributed by atoms with Gasteiger partial charge in [-0.1, -0.05) is 13.5 Å². The van der Waals surface area contributed by atoms with Gasteiger partial charge in [-0.2, -0.15) is 0 Å². The van der Waals surface area contributed by atoms with E-state index in [1.807, 2.05) is 39.0 Å². The Morgan fingerprint density at radius 2 is 1.93 bits per heavy atom. The fraction of sp³-hybridized carbons (Fsp3) is 0.417. The highest BCUT2D eigenvalue weighted by atomic mass is 16.1. The van der Waals surface area contributed by atoms with Crippen LogP contribution in [0.2, 0.25) is 0 Å². The van der Waals surface area contributed by atoms with E-state index < -0.39 is 0 Å². The SMILES string of the molecule is C.CCNC(=O)c1ccc(C)c(C)c1. The average Bonchev–Trinajstić information content (AvgIpc) is 2.10. The number of carbonyl (C=O) groups excluding carboxylic acids is 1. The Hall–Kier alpha value is -1.31. The van der Waals surface area contributed by atoms with Crippen LogP contribution >= 0.6 is 0 Å². The second-order valence-electron chi connectivity index (χ2n) is 3.16. The van der Waals surface area contributed by atoms with Crippen molar-refractivity contribution in [2.24, 2.45) is 0 Å². The van der Waals surface area contributed by atoms with E-state index in [4.69, 9.17) is 0 Å². The fourth-order valence-electron chi connectivity index (χ4n) is 1.15. The molecular weight excluding hydrogens is 174 g/mol. The summed E-state index contributed by atoms with van der Waals surface area (Å²) >= 11 is 0. The minimum Gasteiger partial charge on any atom is -0.352 e. The molecule has 0 unspecified atom stereocenters. The van der Waals surface area contributed by atoms with E-state index in [9.17, 15) is 4.79 Å². The molecule has 1 aromatic rings. The Morgan fingerprint density at radius 3 is 2.43 bits per heavy atom. The van der Waals surface area contributed by atoms with E-state index in [0.717, 1.165) is 11.1 Å². The summed E-state index contributed by atoms with van der Waals surface area (Å²) in [6, 6.07) is 5.74. The van der Waals surface area contributed by atoms with E-state index in [1.54, 1.807) is 0 Å². The largest absolute Gasteiger partial charge is 0.352 e. The number of carbonyl (C=O) groups is 1. The van der Waals surface area contributed by atoms with Gasteiger partial charge in [0.25, 0.3) is 5.91 Å². The Kier molecular flexibility index (Phi) is 4.92. The average molecular weight is 193 g/mol. The van der Waals surface area contributed by atoms with Crippen LogP contribution in [0, 0.1) is 13.8 Å². The first-order valence-corrected chi connectivity index (χ1v) is 4.50. The molecule has 1 N–H and O–H groups in total. The maximum atomic E-state index is 11.4. The highest BCUT2D eigenvalue weighted by molar-refractivity contribution is 5.94. The van der Waals surface area contributed by atoms with Crippen LogP contribution < -0.4 is 5.32 Å². The van der Waals surface area contributed by atoms with Crippen LogP contribution in [-0.4, -0.2) is 12.5 Å². The number of hydrogen-bond acceptors (Lipinski definition) is 1. The molecule has 1 aromatic carbocycles. The van der Waals surface area contributed by atoms with Crippen LogP contribution in [0.25, 0.3) is 0 Å². The molecule has 0 aliphatic carbocycles. The standard InChI is InChI=1S/C11H15NO.CH4/c1-4-12-11(13)10-6-5-8(2)9(3)7-10;/h5-7H,4H2,1-3H3,(H,12,13);1H4. The molecule has 0 aliphatic heterocycles. The Balaban J connectivity index is 0.00000169. The minimum atomic E-state index is 0. The molecule has 0 aromatic heterocycles. The second-order valence-corrected chi connectivity index (χ2v) is 3.16. The lowest BCUT2D eigenvalue weighted by Crippen LogP contribution is -2.22. The van der Waals surface area contributed by atoms with Gasteiger partial charge in [-0.05, 0) is 44.0 Å². The molecule has 0 fully saturated rings. The summed E-state index contributed by atoms with van der Waals surface area (Å²) in [5.74, 6) is 0.00519. The van der Waals surface area contributed by atoms with Crippen LogP contribution in [0.4, 0.5) is 0 Å². The summed E-state index contributed by atoms with van der Waals surface area (Å²) in [5.41, 5.74) is 3.11. The molecule has 78 valence electrons. The molecule has 0 bridgehead atoms. The molecule has 0 spiro atoms. The summed E-state index contributed by atoms with van der Waals surface area (Å²) in [5, 5.41) is 2.77. The summed E-state index contributed by atoms with van der Waals surface area (Å²) < 4.78 is 0. The number of amides is 1. The predicted octanol–water partition coefficient (Wildman–Crippen LogP) is 2.69. The topological polar surface area (TPSA) is 29.1 Å². The van der Waals surface area contributed by atoms with Gasteiger partial charge in [0, 0.05) is 12.1 Å². The molecule has 0 heterocycles. The maximum absolute atomic E-state index is 11.4. The van der Waals surface area contributed by atoms with Gasteiger partial charge in [-0.15, -0.1) is 0 Å². The van der Waals surface area contributed by atoms with Gasteiger partial charge in [0.2, 0.25) is 0 Å². The van der Waals surface area contributed by atoms with Crippen LogP contribution in [0.3, 0.4) is 0 Å². The van der Waals surface area contributed by atoms with Crippen LogP contribution in [-0.2, 0) is 0 Å². The summed E-state index contributed by atoms with van der Waals surface area (Å²) in [4.78, 5) is 11.4. The predicted molar refractivity (Wildman–Crippen MR) is 60.7 cm³/mol. The molecule has 14 heavy (non-hydrogen) atoms. The molecular formula is C12H19NO. The lowest BCUT2D eigenvalue weighted by atomic mass is 10.1. The first-order chi connectivity index (χ1) is 6.15. The van der Waals surface area contributed by atoms with Crippen molar-refractivity contribution in [1.29, 1.82) is 0 Å². The third-order valence-corrected chi connectivity index (χ3v) is 2.11. The van der Waals surface area contributed by atoms with Crippen molar-refractivity contribution >= 4 is 5.91 Å². The molecule has 0 radical (unpaired) electrons. The van der Waals surface area contributed by atoms with Gasteiger partial charge in [0.15, 0.2) is 0 Å². The quantitative estimate of drug-likeness (QED) is 0.768. The van der Waals surface area contributed by atoms with Crippen molar-refractivity contribution in [3.63, 3.8) is 0 Å². The van der Waals surface area contributed by atoms with Gasteiger partial charge < -0.3 is 5.32 Å². The van der Waals surface area contributed by atoms with E-state index in [2.05, 4.69) is 5.32 Å². The fourth-order valence-corrected chi connectivity index (χ4v) is 1.15. The first kappa shape index (κ1) is 12.7. The smallest absolute Gasteiger partial charge is 0.251 e. The van der Waals surface area contributed by atoms with Crippen molar-refractivity contribution in [1.82, 2.24) is 5.32 Å². The van der Waals surface area contributed by atoms with Gasteiger partial charge in [0.1, 0.15) is 0 Å². The molecule has 0 atom stereocenters. The monoisotopic (exact) mass is 193 g/mol. The number of hydrogen-bond donors (Lipinski definition) is 1. The minimum absolute atomic E-state index is 0. The van der Waals surface area contributed by atoms with Crippen molar-refractivity contribution in [2.45, 2.75) is 28.2 Å². The Bertz CT molecular complexity index is 318. The molecule has 0 aliphatic rings. The van der Waals surface area contributed by atoms with Gasteiger partial charge in [0.05, 0.1) is 0 Å². The maximum Gasteiger partial charge on any atom is 0.251 e. The number of nitrogens with one attached hydrogen (secondary N) is 1. The lowest BCUT2D eigenvalue weighted by Gasteiger charge is -2.04. The van der Waals surface area contributed by atoms with Crippen LogP contribution in [0.1, 0.15) is 35.8 Å². The normalized spacial score (nSPS) is 9.07. The highest BCUT2D eigenvalue weighted by Crippen LogP contribution is 2.09. The van der Waals surface area contributed by atoms with Crippen molar-refractivity contribution in [3.8, 4) is 0 Å². The molecule has 1 rings (SSSR count). The van der Waals surface area contributed by atoms with E-state index >= 15 is 0 Å². The Morgan fingerprint density at radius 1 is 1.29 bits per heavy atom. The van der Waals surface area contributed by atoms with Crippen molar-refractivity contribution in [3.05, 3.63) is 34.9 Å². The number of benzene rings is 1. The lowest BCUT2D eigenvalue weighted by molar-refractivity contribution is 0.0956. The van der Waals surface area contributed by atoms with Gasteiger partial charge in [-0.25, -0.2) is 0 Å². The summed E-state index contributed by atoms with van der Waals surface area (Å²) in [6.07, 6.45) is 0. The molecule has 2 heteroatoms. The van der Waals surface area contributed by atoms with Gasteiger partial charge >= 0.3 is 0 Å². The zero-order chi connectivity index (χ0) is 9.84. The molecule has 0 saturated heterocycles.